The van der Waals surface area contributed by atoms with Crippen molar-refractivity contribution in [1.82, 2.24) is 0 Å². The molecule has 0 atom stereocenters. The van der Waals surface area contributed by atoms with Gasteiger partial charge in [-0.05, 0) is 49.3 Å². The Kier molecular flexibility index (Phi) is 3.79. The summed E-state index contributed by atoms with van der Waals surface area (Å²) in [7, 11) is 1.39. The zero-order valence-electron chi connectivity index (χ0n) is 10.1. The smallest absolute Gasteiger partial charge is 0.337 e. The molecule has 3 nitrogen and oxygen atoms in total. The average molecular weight is 234 g/mol. The van der Waals surface area contributed by atoms with Gasteiger partial charge in [0, 0.05) is 0 Å². The van der Waals surface area contributed by atoms with Crippen LogP contribution in [0.1, 0.15) is 47.5 Å². The second kappa shape index (κ2) is 5.32. The molecule has 0 aromatic heterocycles. The maximum absolute atomic E-state index is 11.3. The van der Waals surface area contributed by atoms with Gasteiger partial charge in [-0.1, -0.05) is 12.1 Å². The highest BCUT2D eigenvalue weighted by Crippen LogP contribution is 2.32. The van der Waals surface area contributed by atoms with Crippen molar-refractivity contribution in [3.05, 3.63) is 35.4 Å². The zero-order chi connectivity index (χ0) is 12.3. The number of benzene rings is 1. The normalized spacial score (nSPS) is 24.4. The van der Waals surface area contributed by atoms with Crippen molar-refractivity contribution in [3.8, 4) is 0 Å². The van der Waals surface area contributed by atoms with E-state index in [0.717, 1.165) is 25.7 Å². The van der Waals surface area contributed by atoms with Crippen molar-refractivity contribution in [3.63, 3.8) is 0 Å². The maximum atomic E-state index is 11.3. The summed E-state index contributed by atoms with van der Waals surface area (Å²) in [5, 5.41) is 9.46. The van der Waals surface area contributed by atoms with E-state index in [4.69, 9.17) is 0 Å². The molecule has 1 fully saturated rings. The molecule has 0 aliphatic heterocycles. The molecule has 92 valence electrons. The number of methoxy groups -OCH3 is 1. The highest BCUT2D eigenvalue weighted by atomic mass is 16.5. The lowest BCUT2D eigenvalue weighted by Crippen LogP contribution is -2.17. The zero-order valence-corrected chi connectivity index (χ0v) is 10.1. The van der Waals surface area contributed by atoms with Gasteiger partial charge in [0.25, 0.3) is 0 Å². The summed E-state index contributed by atoms with van der Waals surface area (Å²) in [6.45, 7) is 0. The lowest BCUT2D eigenvalue weighted by Gasteiger charge is -2.25. The SMILES string of the molecule is COC(=O)c1ccc(C2CCC(O)CC2)cc1. The van der Waals surface area contributed by atoms with Crippen LogP contribution in [0.15, 0.2) is 24.3 Å². The third kappa shape index (κ3) is 2.86. The predicted octanol–water partition coefficient (Wildman–Crippen LogP) is 2.49. The number of ether oxygens (including phenoxy) is 1. The van der Waals surface area contributed by atoms with Gasteiger partial charge in [0.2, 0.25) is 0 Å². The van der Waals surface area contributed by atoms with Gasteiger partial charge in [0.1, 0.15) is 0 Å². The summed E-state index contributed by atoms with van der Waals surface area (Å²) in [6.07, 6.45) is 3.69. The van der Waals surface area contributed by atoms with Crippen LogP contribution in [0, 0.1) is 0 Å². The highest BCUT2D eigenvalue weighted by molar-refractivity contribution is 5.89. The van der Waals surface area contributed by atoms with Crippen LogP contribution in [0.25, 0.3) is 0 Å². The lowest BCUT2D eigenvalue weighted by molar-refractivity contribution is 0.0600. The van der Waals surface area contributed by atoms with Crippen LogP contribution >= 0.6 is 0 Å². The summed E-state index contributed by atoms with van der Waals surface area (Å²) in [6, 6.07) is 7.61. The van der Waals surface area contributed by atoms with Gasteiger partial charge in [-0.2, -0.15) is 0 Å². The highest BCUT2D eigenvalue weighted by Gasteiger charge is 2.20. The number of carbonyl (C=O) groups is 1. The monoisotopic (exact) mass is 234 g/mol. The van der Waals surface area contributed by atoms with Gasteiger partial charge in [-0.25, -0.2) is 4.79 Å². The number of carbonyl (C=O) groups excluding carboxylic acids is 1. The van der Waals surface area contributed by atoms with Crippen molar-refractivity contribution in [2.24, 2.45) is 0 Å². The van der Waals surface area contributed by atoms with E-state index in [1.807, 2.05) is 24.3 Å². The largest absolute Gasteiger partial charge is 0.465 e. The number of hydrogen-bond acceptors (Lipinski definition) is 3. The van der Waals surface area contributed by atoms with E-state index in [9.17, 15) is 9.90 Å². The molecule has 0 heterocycles. The van der Waals surface area contributed by atoms with E-state index < -0.39 is 0 Å². The molecule has 0 spiro atoms. The Bertz CT molecular complexity index is 375. The van der Waals surface area contributed by atoms with Crippen molar-refractivity contribution >= 4 is 5.97 Å². The first-order valence-corrected chi connectivity index (χ1v) is 6.07. The molecule has 0 amide bonds. The minimum Gasteiger partial charge on any atom is -0.465 e. The van der Waals surface area contributed by atoms with Crippen LogP contribution in [-0.2, 0) is 4.74 Å². The number of aliphatic hydroxyl groups excluding tert-OH is 1. The van der Waals surface area contributed by atoms with Crippen molar-refractivity contribution in [2.75, 3.05) is 7.11 Å². The number of esters is 1. The predicted molar refractivity (Wildman–Crippen MR) is 65.0 cm³/mol. The van der Waals surface area contributed by atoms with E-state index in [1.165, 1.54) is 12.7 Å². The van der Waals surface area contributed by atoms with E-state index in [-0.39, 0.29) is 12.1 Å². The Morgan fingerprint density at radius 3 is 2.29 bits per heavy atom. The summed E-state index contributed by atoms with van der Waals surface area (Å²) >= 11 is 0. The maximum Gasteiger partial charge on any atom is 0.337 e. The van der Waals surface area contributed by atoms with Crippen LogP contribution in [0.4, 0.5) is 0 Å². The number of rotatable bonds is 2. The first kappa shape index (κ1) is 12.1. The van der Waals surface area contributed by atoms with Crippen LogP contribution in [-0.4, -0.2) is 24.3 Å². The fraction of sp³-hybridized carbons (Fsp3) is 0.500. The molecular weight excluding hydrogens is 216 g/mol. The molecule has 1 saturated carbocycles. The molecule has 0 saturated heterocycles. The molecule has 2 rings (SSSR count). The fourth-order valence-electron chi connectivity index (χ4n) is 2.42. The number of hydrogen-bond donors (Lipinski definition) is 1. The molecule has 1 N–H and O–H groups in total. The van der Waals surface area contributed by atoms with Gasteiger partial charge < -0.3 is 9.84 Å². The Morgan fingerprint density at radius 1 is 1.18 bits per heavy atom. The average Bonchev–Trinajstić information content (AvgIpc) is 2.39. The second-order valence-electron chi connectivity index (χ2n) is 4.62. The van der Waals surface area contributed by atoms with Crippen LogP contribution in [0.5, 0.6) is 0 Å². The van der Waals surface area contributed by atoms with Crippen molar-refractivity contribution in [1.29, 1.82) is 0 Å². The van der Waals surface area contributed by atoms with Gasteiger partial charge >= 0.3 is 5.97 Å². The molecular formula is C14H18O3. The topological polar surface area (TPSA) is 46.5 Å². The molecule has 0 unspecified atom stereocenters. The van der Waals surface area contributed by atoms with Crippen LogP contribution < -0.4 is 0 Å². The van der Waals surface area contributed by atoms with E-state index >= 15 is 0 Å². The van der Waals surface area contributed by atoms with Crippen molar-refractivity contribution in [2.45, 2.75) is 37.7 Å². The fourth-order valence-corrected chi connectivity index (χ4v) is 2.42. The summed E-state index contributed by atoms with van der Waals surface area (Å²) in [4.78, 5) is 11.3. The van der Waals surface area contributed by atoms with E-state index in [1.54, 1.807) is 0 Å². The third-order valence-corrected chi connectivity index (χ3v) is 3.50. The van der Waals surface area contributed by atoms with Gasteiger partial charge in [0.15, 0.2) is 0 Å². The van der Waals surface area contributed by atoms with Crippen LogP contribution in [0.2, 0.25) is 0 Å². The third-order valence-electron chi connectivity index (χ3n) is 3.50. The Balaban J connectivity index is 2.05. The number of aliphatic hydroxyl groups is 1. The minimum atomic E-state index is -0.296. The van der Waals surface area contributed by atoms with E-state index in [2.05, 4.69) is 4.74 Å². The molecule has 1 aliphatic rings. The molecule has 1 aliphatic carbocycles. The van der Waals surface area contributed by atoms with Crippen molar-refractivity contribution < 1.29 is 14.6 Å². The molecule has 3 heteroatoms. The minimum absolute atomic E-state index is 0.124. The first-order valence-electron chi connectivity index (χ1n) is 6.07. The molecule has 1 aromatic rings. The van der Waals surface area contributed by atoms with Gasteiger partial charge in [-0.3, -0.25) is 0 Å². The Labute approximate surface area is 101 Å². The van der Waals surface area contributed by atoms with Crippen LogP contribution in [0.3, 0.4) is 0 Å². The Morgan fingerprint density at radius 2 is 1.76 bits per heavy atom. The molecule has 0 bridgehead atoms. The molecule has 0 radical (unpaired) electrons. The lowest BCUT2D eigenvalue weighted by atomic mass is 9.82. The second-order valence-corrected chi connectivity index (χ2v) is 4.62. The summed E-state index contributed by atoms with van der Waals surface area (Å²) in [5.74, 6) is 0.223. The van der Waals surface area contributed by atoms with Gasteiger partial charge in [-0.15, -0.1) is 0 Å². The first-order chi connectivity index (χ1) is 8.20. The molecule has 17 heavy (non-hydrogen) atoms. The standard InChI is InChI=1S/C14H18O3/c1-17-14(16)12-4-2-10(3-5-12)11-6-8-13(15)9-7-11/h2-5,11,13,15H,6-9H2,1H3. The summed E-state index contributed by atoms with van der Waals surface area (Å²) < 4.78 is 4.66. The van der Waals surface area contributed by atoms with E-state index in [0.29, 0.717) is 11.5 Å². The quantitative estimate of drug-likeness (QED) is 0.800. The van der Waals surface area contributed by atoms with Gasteiger partial charge in [0.05, 0.1) is 18.8 Å². The summed E-state index contributed by atoms with van der Waals surface area (Å²) in [5.41, 5.74) is 1.84. The Hall–Kier alpha value is -1.35. The molecule has 1 aromatic carbocycles.